The summed E-state index contributed by atoms with van der Waals surface area (Å²) in [4.78, 5) is 0. The van der Waals surface area contributed by atoms with Gasteiger partial charge in [0.1, 0.15) is 0 Å². The van der Waals surface area contributed by atoms with E-state index in [4.69, 9.17) is 4.74 Å². The molecule has 2 unspecified atom stereocenters. The van der Waals surface area contributed by atoms with E-state index >= 15 is 0 Å². The van der Waals surface area contributed by atoms with Gasteiger partial charge in [-0.25, -0.2) is 0 Å². The van der Waals surface area contributed by atoms with Crippen molar-refractivity contribution in [3.8, 4) is 0 Å². The number of rotatable bonds is 3. The smallest absolute Gasteiger partial charge is 0.0796 e. The third-order valence-electron chi connectivity index (χ3n) is 4.77. The van der Waals surface area contributed by atoms with E-state index < -0.39 is 0 Å². The van der Waals surface area contributed by atoms with Gasteiger partial charge in [0.05, 0.1) is 17.3 Å². The van der Waals surface area contributed by atoms with Gasteiger partial charge in [0.25, 0.3) is 0 Å². The standard InChI is InChI=1S/C15H25N3OS/c1-16-14(13-3-7-18(2)17-13)12-4-8-19-15(11-12)5-9-20-10-6-15/h3,7,12,14,16H,4-6,8-11H2,1-2H3. The monoisotopic (exact) mass is 295 g/mol. The molecule has 3 heterocycles. The van der Waals surface area contributed by atoms with Gasteiger partial charge in [-0.1, -0.05) is 0 Å². The predicted molar refractivity (Wildman–Crippen MR) is 83.0 cm³/mol. The number of hydrogen-bond donors (Lipinski definition) is 1. The molecule has 1 spiro atoms. The molecule has 112 valence electrons. The van der Waals surface area contributed by atoms with E-state index in [1.807, 2.05) is 17.9 Å². The van der Waals surface area contributed by atoms with E-state index in [-0.39, 0.29) is 5.60 Å². The Morgan fingerprint density at radius 2 is 2.30 bits per heavy atom. The van der Waals surface area contributed by atoms with Crippen molar-refractivity contribution < 1.29 is 4.74 Å². The number of aromatic nitrogens is 2. The van der Waals surface area contributed by atoms with E-state index in [1.165, 1.54) is 36.5 Å². The van der Waals surface area contributed by atoms with Crippen molar-refractivity contribution in [3.05, 3.63) is 18.0 Å². The summed E-state index contributed by atoms with van der Waals surface area (Å²) < 4.78 is 8.10. The maximum Gasteiger partial charge on any atom is 0.0796 e. The van der Waals surface area contributed by atoms with Gasteiger partial charge in [-0.15, -0.1) is 0 Å². The molecule has 2 fully saturated rings. The molecule has 0 aromatic carbocycles. The molecule has 1 aromatic rings. The van der Waals surface area contributed by atoms with Gasteiger partial charge >= 0.3 is 0 Å². The second-order valence-corrected chi connectivity index (χ2v) is 7.30. The average Bonchev–Trinajstić information content (AvgIpc) is 2.87. The normalized spacial score (nSPS) is 27.6. The van der Waals surface area contributed by atoms with Gasteiger partial charge in [0.2, 0.25) is 0 Å². The van der Waals surface area contributed by atoms with Crippen molar-refractivity contribution in [2.75, 3.05) is 25.2 Å². The molecule has 1 N–H and O–H groups in total. The zero-order valence-corrected chi connectivity index (χ0v) is 13.3. The summed E-state index contributed by atoms with van der Waals surface area (Å²) in [7, 11) is 4.04. The molecular weight excluding hydrogens is 270 g/mol. The van der Waals surface area contributed by atoms with Gasteiger partial charge in [-0.05, 0) is 56.2 Å². The molecule has 20 heavy (non-hydrogen) atoms. The Morgan fingerprint density at radius 3 is 2.95 bits per heavy atom. The van der Waals surface area contributed by atoms with Gasteiger partial charge in [-0.3, -0.25) is 4.68 Å². The van der Waals surface area contributed by atoms with E-state index in [0.717, 1.165) is 13.0 Å². The summed E-state index contributed by atoms with van der Waals surface area (Å²) in [5.41, 5.74) is 1.32. The lowest BCUT2D eigenvalue weighted by atomic mass is 9.78. The fourth-order valence-corrected chi connectivity index (χ4v) is 4.90. The molecule has 2 aliphatic heterocycles. The van der Waals surface area contributed by atoms with Gasteiger partial charge < -0.3 is 10.1 Å². The number of nitrogens with zero attached hydrogens (tertiary/aromatic N) is 2. The van der Waals surface area contributed by atoms with Crippen molar-refractivity contribution in [3.63, 3.8) is 0 Å². The van der Waals surface area contributed by atoms with Crippen LogP contribution in [0.25, 0.3) is 0 Å². The summed E-state index contributed by atoms with van der Waals surface area (Å²) in [6.07, 6.45) is 6.78. The fourth-order valence-electron chi connectivity index (χ4n) is 3.67. The van der Waals surface area contributed by atoms with Crippen LogP contribution in [0.4, 0.5) is 0 Å². The Kier molecular flexibility index (Phi) is 4.38. The second kappa shape index (κ2) is 6.08. The molecule has 1 aromatic heterocycles. The maximum absolute atomic E-state index is 6.21. The van der Waals surface area contributed by atoms with Gasteiger partial charge in [-0.2, -0.15) is 16.9 Å². The van der Waals surface area contributed by atoms with Crippen LogP contribution < -0.4 is 5.32 Å². The molecule has 0 amide bonds. The average molecular weight is 295 g/mol. The number of thioether (sulfide) groups is 1. The van der Waals surface area contributed by atoms with Crippen molar-refractivity contribution in [2.24, 2.45) is 13.0 Å². The maximum atomic E-state index is 6.21. The Hall–Kier alpha value is -0.520. The van der Waals surface area contributed by atoms with Crippen LogP contribution in [0.2, 0.25) is 0 Å². The SMILES string of the molecule is CNC(c1ccn(C)n1)C1CCOC2(CCSCC2)C1. The Balaban J connectivity index is 1.74. The van der Waals surface area contributed by atoms with Crippen LogP contribution >= 0.6 is 11.8 Å². The zero-order chi connectivity index (χ0) is 14.0. The summed E-state index contributed by atoms with van der Waals surface area (Å²) in [5, 5.41) is 8.09. The topological polar surface area (TPSA) is 39.1 Å². The highest BCUT2D eigenvalue weighted by molar-refractivity contribution is 7.99. The minimum atomic E-state index is 0.151. The van der Waals surface area contributed by atoms with Gasteiger partial charge in [0.15, 0.2) is 0 Å². The fraction of sp³-hybridized carbons (Fsp3) is 0.800. The largest absolute Gasteiger partial charge is 0.375 e. The first-order valence-corrected chi connectivity index (χ1v) is 8.76. The molecule has 2 aliphatic rings. The van der Waals surface area contributed by atoms with Crippen LogP contribution in [0.5, 0.6) is 0 Å². The molecule has 2 saturated heterocycles. The summed E-state index contributed by atoms with van der Waals surface area (Å²) in [5.74, 6) is 3.13. The van der Waals surface area contributed by atoms with Crippen molar-refractivity contribution >= 4 is 11.8 Å². The minimum Gasteiger partial charge on any atom is -0.375 e. The summed E-state index contributed by atoms with van der Waals surface area (Å²) in [6, 6.07) is 2.49. The molecule has 3 rings (SSSR count). The lowest BCUT2D eigenvalue weighted by Crippen LogP contribution is -2.45. The van der Waals surface area contributed by atoms with E-state index in [1.54, 1.807) is 0 Å². The molecule has 2 atom stereocenters. The second-order valence-electron chi connectivity index (χ2n) is 6.08. The first kappa shape index (κ1) is 14.4. The highest BCUT2D eigenvalue weighted by atomic mass is 32.2. The third kappa shape index (κ3) is 2.90. The van der Waals surface area contributed by atoms with Crippen LogP contribution in [-0.4, -0.2) is 40.5 Å². The van der Waals surface area contributed by atoms with Gasteiger partial charge in [0, 0.05) is 19.9 Å². The summed E-state index contributed by atoms with van der Waals surface area (Å²) >= 11 is 2.07. The predicted octanol–water partition coefficient (Wildman–Crippen LogP) is 2.37. The number of hydrogen-bond acceptors (Lipinski definition) is 4. The first-order valence-electron chi connectivity index (χ1n) is 7.61. The molecule has 0 radical (unpaired) electrons. The molecule has 4 nitrogen and oxygen atoms in total. The first-order chi connectivity index (χ1) is 9.72. The van der Waals surface area contributed by atoms with Crippen molar-refractivity contribution in [1.29, 1.82) is 0 Å². The molecular formula is C15H25N3OS. The highest BCUT2D eigenvalue weighted by Gasteiger charge is 2.41. The highest BCUT2D eigenvalue weighted by Crippen LogP contribution is 2.43. The molecule has 5 heteroatoms. The quantitative estimate of drug-likeness (QED) is 0.929. The van der Waals surface area contributed by atoms with E-state index in [2.05, 4.69) is 35.3 Å². The van der Waals surface area contributed by atoms with Crippen LogP contribution in [0.15, 0.2) is 12.3 Å². The van der Waals surface area contributed by atoms with Crippen LogP contribution in [0, 0.1) is 5.92 Å². The number of aryl methyl sites for hydroxylation is 1. The van der Waals surface area contributed by atoms with Crippen LogP contribution in [0.3, 0.4) is 0 Å². The lowest BCUT2D eigenvalue weighted by molar-refractivity contribution is -0.107. The van der Waals surface area contributed by atoms with E-state index in [9.17, 15) is 0 Å². The van der Waals surface area contributed by atoms with E-state index in [0.29, 0.717) is 12.0 Å². The van der Waals surface area contributed by atoms with Crippen molar-refractivity contribution in [1.82, 2.24) is 15.1 Å². The lowest BCUT2D eigenvalue weighted by Gasteiger charge is -2.45. The minimum absolute atomic E-state index is 0.151. The number of ether oxygens (including phenoxy) is 1. The Labute approximate surface area is 125 Å². The molecule has 0 bridgehead atoms. The Morgan fingerprint density at radius 1 is 1.50 bits per heavy atom. The molecule has 0 aliphatic carbocycles. The van der Waals surface area contributed by atoms with Crippen LogP contribution in [0.1, 0.15) is 37.4 Å². The third-order valence-corrected chi connectivity index (χ3v) is 5.76. The molecule has 0 saturated carbocycles. The zero-order valence-electron chi connectivity index (χ0n) is 12.5. The van der Waals surface area contributed by atoms with Crippen molar-refractivity contribution in [2.45, 2.75) is 37.3 Å². The Bertz CT molecular complexity index is 437. The summed E-state index contributed by atoms with van der Waals surface area (Å²) in [6.45, 7) is 0.903. The number of nitrogens with one attached hydrogen (secondary N) is 1. The van der Waals surface area contributed by atoms with Crippen LogP contribution in [-0.2, 0) is 11.8 Å².